The fourth-order valence-corrected chi connectivity index (χ4v) is 2.20. The molecule has 4 heteroatoms. The van der Waals surface area contributed by atoms with Crippen molar-refractivity contribution in [3.05, 3.63) is 24.0 Å². The van der Waals surface area contributed by atoms with Crippen LogP contribution in [0.15, 0.2) is 18.3 Å². The van der Waals surface area contributed by atoms with Crippen molar-refractivity contribution in [1.82, 2.24) is 4.57 Å². The topological polar surface area (TPSA) is 48.3 Å². The lowest BCUT2D eigenvalue weighted by Gasteiger charge is -2.11. The minimum Gasteiger partial charge on any atom is -0.460 e. The summed E-state index contributed by atoms with van der Waals surface area (Å²) < 4.78 is 6.89. The molecule has 4 nitrogen and oxygen atoms in total. The summed E-state index contributed by atoms with van der Waals surface area (Å²) in [5, 5.41) is 0. The highest BCUT2D eigenvalue weighted by molar-refractivity contribution is 5.95. The third-order valence-corrected chi connectivity index (χ3v) is 3.11. The number of cyclic esters (lactones) is 1. The molecule has 1 aromatic heterocycles. The van der Waals surface area contributed by atoms with Crippen molar-refractivity contribution in [2.45, 2.75) is 38.3 Å². The summed E-state index contributed by atoms with van der Waals surface area (Å²) in [5.74, 6) is 2.20. The van der Waals surface area contributed by atoms with Crippen LogP contribution in [0.25, 0.3) is 0 Å². The first-order chi connectivity index (χ1) is 8.67. The van der Waals surface area contributed by atoms with Gasteiger partial charge in [0.25, 0.3) is 0 Å². The van der Waals surface area contributed by atoms with Gasteiger partial charge in [0, 0.05) is 25.5 Å². The number of carbonyl (C=O) groups excluding carboxylic acids is 2. The Morgan fingerprint density at radius 2 is 2.44 bits per heavy atom. The largest absolute Gasteiger partial charge is 0.460 e. The van der Waals surface area contributed by atoms with Crippen LogP contribution >= 0.6 is 0 Å². The monoisotopic (exact) mass is 245 g/mol. The molecule has 1 aromatic rings. The summed E-state index contributed by atoms with van der Waals surface area (Å²) in [5.41, 5.74) is 0.556. The summed E-state index contributed by atoms with van der Waals surface area (Å²) in [6.45, 7) is 1.80. The lowest BCUT2D eigenvalue weighted by molar-refractivity contribution is -0.143. The van der Waals surface area contributed by atoms with Crippen LogP contribution in [0.5, 0.6) is 0 Å². The molecule has 0 unspecified atom stereocenters. The van der Waals surface area contributed by atoms with Crippen molar-refractivity contribution < 1.29 is 14.3 Å². The minimum atomic E-state index is -0.427. The zero-order valence-electron chi connectivity index (χ0n) is 10.3. The van der Waals surface area contributed by atoms with Gasteiger partial charge in [-0.1, -0.05) is 6.92 Å². The lowest BCUT2D eigenvalue weighted by Crippen LogP contribution is -2.18. The van der Waals surface area contributed by atoms with Crippen molar-refractivity contribution in [1.29, 1.82) is 0 Å². The first-order valence-electron chi connectivity index (χ1n) is 6.01. The molecular weight excluding hydrogens is 230 g/mol. The van der Waals surface area contributed by atoms with E-state index >= 15 is 0 Å². The molecule has 1 aliphatic heterocycles. The van der Waals surface area contributed by atoms with E-state index in [4.69, 9.17) is 11.2 Å². The van der Waals surface area contributed by atoms with Gasteiger partial charge in [0.15, 0.2) is 5.78 Å². The number of esters is 1. The van der Waals surface area contributed by atoms with Crippen LogP contribution < -0.4 is 0 Å². The molecule has 18 heavy (non-hydrogen) atoms. The second-order valence-electron chi connectivity index (χ2n) is 4.30. The molecule has 94 valence electrons. The predicted octanol–water partition coefficient (Wildman–Crippen LogP) is 1.96. The number of hydrogen-bond acceptors (Lipinski definition) is 3. The van der Waals surface area contributed by atoms with Gasteiger partial charge in [-0.3, -0.25) is 4.79 Å². The van der Waals surface area contributed by atoms with Crippen LogP contribution in [0.3, 0.4) is 0 Å². The molecule has 2 heterocycles. The predicted molar refractivity (Wildman–Crippen MR) is 66.0 cm³/mol. The van der Waals surface area contributed by atoms with E-state index in [1.165, 1.54) is 0 Å². The Labute approximate surface area is 106 Å². The van der Waals surface area contributed by atoms with Gasteiger partial charge < -0.3 is 9.30 Å². The molecule has 0 aromatic carbocycles. The SMILES string of the molecule is C#CC[C@H]1C[C@H](n2cccc2C(=O)CC)C(=O)O1. The molecule has 0 aliphatic carbocycles. The van der Waals surface area contributed by atoms with Crippen LogP contribution in [0, 0.1) is 12.3 Å². The van der Waals surface area contributed by atoms with Gasteiger partial charge in [0.05, 0.1) is 5.69 Å². The highest BCUT2D eigenvalue weighted by Gasteiger charge is 2.36. The number of terminal acetylenes is 1. The van der Waals surface area contributed by atoms with E-state index in [0.29, 0.717) is 25.0 Å². The summed E-state index contributed by atoms with van der Waals surface area (Å²) in [6.07, 6.45) is 8.08. The van der Waals surface area contributed by atoms with E-state index in [1.54, 1.807) is 29.8 Å². The number of Topliss-reactive ketones (excluding diaryl/α,β-unsaturated/α-hetero) is 1. The fourth-order valence-electron chi connectivity index (χ4n) is 2.20. The molecule has 0 amide bonds. The molecule has 0 saturated carbocycles. The first-order valence-corrected chi connectivity index (χ1v) is 6.01. The second-order valence-corrected chi connectivity index (χ2v) is 4.30. The number of nitrogens with zero attached hydrogens (tertiary/aromatic N) is 1. The normalized spacial score (nSPS) is 22.6. The van der Waals surface area contributed by atoms with Crippen LogP contribution in [0.1, 0.15) is 42.7 Å². The Bertz CT molecular complexity index is 509. The van der Waals surface area contributed by atoms with E-state index in [-0.39, 0.29) is 17.9 Å². The van der Waals surface area contributed by atoms with E-state index in [9.17, 15) is 9.59 Å². The number of hydrogen-bond donors (Lipinski definition) is 0. The fraction of sp³-hybridized carbons (Fsp3) is 0.429. The second kappa shape index (κ2) is 5.09. The molecule has 2 atom stereocenters. The van der Waals surface area contributed by atoms with Gasteiger partial charge in [-0.15, -0.1) is 12.3 Å². The number of ether oxygens (including phenoxy) is 1. The van der Waals surface area contributed by atoms with E-state index in [1.807, 2.05) is 0 Å². The third kappa shape index (κ3) is 2.17. The highest BCUT2D eigenvalue weighted by atomic mass is 16.6. The van der Waals surface area contributed by atoms with Crippen LogP contribution in [-0.4, -0.2) is 22.4 Å². The quantitative estimate of drug-likeness (QED) is 0.463. The molecule has 2 rings (SSSR count). The molecule has 1 aliphatic rings. The van der Waals surface area contributed by atoms with Crippen LogP contribution in [-0.2, 0) is 9.53 Å². The van der Waals surface area contributed by atoms with Crippen molar-refractivity contribution >= 4 is 11.8 Å². The summed E-state index contributed by atoms with van der Waals surface area (Å²) in [4.78, 5) is 23.6. The van der Waals surface area contributed by atoms with E-state index in [2.05, 4.69) is 5.92 Å². The molecule has 1 fully saturated rings. The Hall–Kier alpha value is -2.02. The number of rotatable bonds is 4. The Kier molecular flexibility index (Phi) is 3.52. The van der Waals surface area contributed by atoms with Gasteiger partial charge >= 0.3 is 5.97 Å². The van der Waals surface area contributed by atoms with Gasteiger partial charge in [-0.05, 0) is 12.1 Å². The standard InChI is InChI=1S/C14H15NO3/c1-3-6-10-9-12(14(17)18-10)15-8-5-7-11(15)13(16)4-2/h1,5,7-8,10,12H,4,6,9H2,2H3/t10-,12-/m0/s1. The van der Waals surface area contributed by atoms with E-state index < -0.39 is 6.04 Å². The van der Waals surface area contributed by atoms with Crippen molar-refractivity contribution in [2.24, 2.45) is 0 Å². The zero-order valence-corrected chi connectivity index (χ0v) is 10.3. The van der Waals surface area contributed by atoms with Gasteiger partial charge in [-0.25, -0.2) is 4.79 Å². The van der Waals surface area contributed by atoms with E-state index in [0.717, 1.165) is 0 Å². The molecule has 0 spiro atoms. The zero-order chi connectivity index (χ0) is 13.1. The maximum Gasteiger partial charge on any atom is 0.329 e. The lowest BCUT2D eigenvalue weighted by atomic mass is 10.1. The number of carbonyl (C=O) groups is 2. The Balaban J connectivity index is 2.23. The molecule has 0 bridgehead atoms. The van der Waals surface area contributed by atoms with Crippen molar-refractivity contribution in [3.8, 4) is 12.3 Å². The highest BCUT2D eigenvalue weighted by Crippen LogP contribution is 2.29. The molecule has 0 radical (unpaired) electrons. The maximum atomic E-state index is 11.8. The molecular formula is C14H15NO3. The van der Waals surface area contributed by atoms with Gasteiger partial charge in [-0.2, -0.15) is 0 Å². The van der Waals surface area contributed by atoms with Crippen LogP contribution in [0.4, 0.5) is 0 Å². The van der Waals surface area contributed by atoms with Gasteiger partial charge in [0.1, 0.15) is 12.1 Å². The minimum absolute atomic E-state index is 0.0215. The van der Waals surface area contributed by atoms with Crippen LogP contribution in [0.2, 0.25) is 0 Å². The summed E-state index contributed by atoms with van der Waals surface area (Å²) >= 11 is 0. The number of ketones is 1. The van der Waals surface area contributed by atoms with Crippen molar-refractivity contribution in [3.63, 3.8) is 0 Å². The average molecular weight is 245 g/mol. The molecule has 1 saturated heterocycles. The Morgan fingerprint density at radius 3 is 3.11 bits per heavy atom. The first kappa shape index (κ1) is 12.4. The third-order valence-electron chi connectivity index (χ3n) is 3.11. The average Bonchev–Trinajstić information content (AvgIpc) is 2.95. The maximum absolute atomic E-state index is 11.8. The number of aromatic nitrogens is 1. The smallest absolute Gasteiger partial charge is 0.329 e. The van der Waals surface area contributed by atoms with Crippen molar-refractivity contribution in [2.75, 3.05) is 0 Å². The Morgan fingerprint density at radius 1 is 1.67 bits per heavy atom. The van der Waals surface area contributed by atoms with Gasteiger partial charge in [0.2, 0.25) is 0 Å². The summed E-state index contributed by atoms with van der Waals surface area (Å²) in [6, 6.07) is 3.07. The summed E-state index contributed by atoms with van der Waals surface area (Å²) in [7, 11) is 0. The molecule has 0 N–H and O–H groups in total.